The maximum Gasteiger partial charge on any atom is 0.356 e. The van der Waals surface area contributed by atoms with Gasteiger partial charge in [0.2, 0.25) is 0 Å². The fourth-order valence-corrected chi connectivity index (χ4v) is 1.25. The zero-order chi connectivity index (χ0) is 11.5. The Hall–Kier alpha value is -2.38. The first-order valence-electron chi connectivity index (χ1n) is 4.51. The number of aromatic nitrogens is 5. The Labute approximate surface area is 89.2 Å². The molecule has 0 amide bonds. The van der Waals surface area contributed by atoms with Crippen molar-refractivity contribution in [2.75, 3.05) is 0 Å². The van der Waals surface area contributed by atoms with Crippen molar-refractivity contribution in [2.24, 2.45) is 0 Å². The van der Waals surface area contributed by atoms with E-state index in [0.29, 0.717) is 13.1 Å². The van der Waals surface area contributed by atoms with Gasteiger partial charge in [-0.3, -0.25) is 4.57 Å². The highest BCUT2D eigenvalue weighted by Gasteiger charge is 2.06. The molecule has 16 heavy (non-hydrogen) atoms. The molecule has 2 rings (SSSR count). The van der Waals surface area contributed by atoms with E-state index in [1.165, 1.54) is 23.4 Å². The van der Waals surface area contributed by atoms with Crippen LogP contribution in [0.15, 0.2) is 23.6 Å². The Morgan fingerprint density at radius 2 is 2.25 bits per heavy atom. The minimum atomic E-state index is -1.07. The van der Waals surface area contributed by atoms with Crippen LogP contribution >= 0.6 is 0 Å². The van der Waals surface area contributed by atoms with Gasteiger partial charge in [-0.2, -0.15) is 5.10 Å². The molecule has 0 aliphatic heterocycles. The fraction of sp³-hybridized carbons (Fsp3) is 0.250. The summed E-state index contributed by atoms with van der Waals surface area (Å²) in [6.07, 6.45) is 4.21. The van der Waals surface area contributed by atoms with Crippen LogP contribution in [0.4, 0.5) is 0 Å². The number of imidazole rings is 1. The number of aryl methyl sites for hydroxylation is 2. The Bertz CT molecular complexity index is 552. The third kappa shape index (κ3) is 2.00. The first-order valence-corrected chi connectivity index (χ1v) is 4.51. The second-order valence-corrected chi connectivity index (χ2v) is 3.16. The van der Waals surface area contributed by atoms with E-state index >= 15 is 0 Å². The van der Waals surface area contributed by atoms with Crippen molar-refractivity contribution in [2.45, 2.75) is 13.1 Å². The maximum atomic E-state index is 11.1. The number of carboxylic acid groups (broad SMARTS) is 1. The summed E-state index contributed by atoms with van der Waals surface area (Å²) >= 11 is 0. The number of H-pyrrole nitrogens is 1. The lowest BCUT2D eigenvalue weighted by Crippen LogP contribution is -2.18. The summed E-state index contributed by atoms with van der Waals surface area (Å²) in [4.78, 5) is 25.3. The molecule has 0 bridgehead atoms. The highest BCUT2D eigenvalue weighted by atomic mass is 16.4. The van der Waals surface area contributed by atoms with Crippen molar-refractivity contribution in [1.29, 1.82) is 0 Å². The zero-order valence-corrected chi connectivity index (χ0v) is 8.20. The third-order valence-corrected chi connectivity index (χ3v) is 2.07. The van der Waals surface area contributed by atoms with Gasteiger partial charge in [0.15, 0.2) is 5.69 Å². The predicted octanol–water partition coefficient (Wildman–Crippen LogP) is -0.834. The molecule has 2 N–H and O–H groups in total. The molecule has 0 radical (unpaired) electrons. The molecule has 2 heterocycles. The summed E-state index contributed by atoms with van der Waals surface area (Å²) in [5, 5.41) is 14.5. The van der Waals surface area contributed by atoms with Crippen molar-refractivity contribution in [3.8, 4) is 0 Å². The lowest BCUT2D eigenvalue weighted by molar-refractivity contribution is 0.0691. The van der Waals surface area contributed by atoms with E-state index in [1.807, 2.05) is 0 Å². The first kappa shape index (κ1) is 10.1. The molecule has 0 aliphatic carbocycles. The van der Waals surface area contributed by atoms with Crippen LogP contribution in [-0.4, -0.2) is 35.4 Å². The summed E-state index contributed by atoms with van der Waals surface area (Å²) in [5.41, 5.74) is -0.307. The minimum absolute atomic E-state index is 0.0143. The summed E-state index contributed by atoms with van der Waals surface area (Å²) in [7, 11) is 0. The number of carboxylic acids is 1. The van der Waals surface area contributed by atoms with Gasteiger partial charge >= 0.3 is 11.7 Å². The molecular weight excluding hydrogens is 214 g/mol. The van der Waals surface area contributed by atoms with Gasteiger partial charge in [0, 0.05) is 19.3 Å². The van der Waals surface area contributed by atoms with E-state index in [2.05, 4.69) is 15.2 Å². The summed E-state index contributed by atoms with van der Waals surface area (Å²) < 4.78 is 2.99. The lowest BCUT2D eigenvalue weighted by atomic mass is 10.5. The summed E-state index contributed by atoms with van der Waals surface area (Å²) in [6, 6.07) is 0. The van der Waals surface area contributed by atoms with Gasteiger partial charge in [0.1, 0.15) is 6.33 Å². The molecule has 0 fully saturated rings. The molecular formula is C8H9N5O3. The number of nitrogens with one attached hydrogen (secondary N) is 1. The highest BCUT2D eigenvalue weighted by molar-refractivity contribution is 5.84. The average Bonchev–Trinajstić information content (AvgIpc) is 2.83. The van der Waals surface area contributed by atoms with E-state index in [1.54, 1.807) is 4.57 Å². The molecule has 8 nitrogen and oxygen atoms in total. The molecule has 0 saturated heterocycles. The van der Waals surface area contributed by atoms with Crippen LogP contribution in [0.3, 0.4) is 0 Å². The van der Waals surface area contributed by atoms with Gasteiger partial charge in [-0.25, -0.2) is 19.7 Å². The standard InChI is InChI=1S/C8H9N5O3/c14-7(15)6-3-12(4-9-6)1-2-13-5-10-11-8(13)16/h3-5H,1-2H2,(H,11,16)(H,14,15). The van der Waals surface area contributed by atoms with Gasteiger partial charge in [-0.15, -0.1) is 0 Å². The molecule has 0 unspecified atom stereocenters. The summed E-state index contributed by atoms with van der Waals surface area (Å²) in [6.45, 7) is 0.866. The molecule has 0 saturated carbocycles. The van der Waals surface area contributed by atoms with Gasteiger partial charge in [0.25, 0.3) is 0 Å². The summed E-state index contributed by atoms with van der Waals surface area (Å²) in [5.74, 6) is -1.07. The van der Waals surface area contributed by atoms with E-state index < -0.39 is 5.97 Å². The predicted molar refractivity (Wildman–Crippen MR) is 52.0 cm³/mol. The Balaban J connectivity index is 2.02. The van der Waals surface area contributed by atoms with Crippen LogP contribution in [0.1, 0.15) is 10.5 Å². The van der Waals surface area contributed by atoms with Crippen LogP contribution in [0, 0.1) is 0 Å². The van der Waals surface area contributed by atoms with Crippen molar-refractivity contribution < 1.29 is 9.90 Å². The SMILES string of the molecule is O=C(O)c1cn(CCn2cn[nH]c2=O)cn1. The second kappa shape index (κ2) is 4.01. The Morgan fingerprint density at radius 3 is 2.81 bits per heavy atom. The molecule has 0 aromatic carbocycles. The van der Waals surface area contributed by atoms with E-state index in [-0.39, 0.29) is 11.4 Å². The second-order valence-electron chi connectivity index (χ2n) is 3.16. The molecule has 0 spiro atoms. The van der Waals surface area contributed by atoms with Crippen molar-refractivity contribution in [3.63, 3.8) is 0 Å². The number of rotatable bonds is 4. The first-order chi connectivity index (χ1) is 7.66. The van der Waals surface area contributed by atoms with Crippen LogP contribution in [0.2, 0.25) is 0 Å². The van der Waals surface area contributed by atoms with Crippen LogP contribution in [0.25, 0.3) is 0 Å². The highest BCUT2D eigenvalue weighted by Crippen LogP contribution is 1.96. The molecule has 2 aromatic heterocycles. The van der Waals surface area contributed by atoms with Crippen LogP contribution < -0.4 is 5.69 Å². The van der Waals surface area contributed by atoms with E-state index in [9.17, 15) is 9.59 Å². The number of hydrogen-bond acceptors (Lipinski definition) is 4. The third-order valence-electron chi connectivity index (χ3n) is 2.07. The molecule has 2 aromatic rings. The largest absolute Gasteiger partial charge is 0.476 e. The van der Waals surface area contributed by atoms with Crippen molar-refractivity contribution in [3.05, 3.63) is 35.0 Å². The van der Waals surface area contributed by atoms with Crippen molar-refractivity contribution >= 4 is 5.97 Å². The number of nitrogens with zero attached hydrogens (tertiary/aromatic N) is 4. The normalized spacial score (nSPS) is 10.5. The number of carbonyl (C=O) groups is 1. The average molecular weight is 223 g/mol. The van der Waals surface area contributed by atoms with E-state index in [4.69, 9.17) is 5.11 Å². The number of aromatic amines is 1. The molecule has 0 atom stereocenters. The molecule has 84 valence electrons. The molecule has 0 aliphatic rings. The smallest absolute Gasteiger partial charge is 0.356 e. The number of hydrogen-bond donors (Lipinski definition) is 2. The van der Waals surface area contributed by atoms with Gasteiger partial charge in [0.05, 0.1) is 6.33 Å². The van der Waals surface area contributed by atoms with E-state index in [0.717, 1.165) is 0 Å². The fourth-order valence-electron chi connectivity index (χ4n) is 1.25. The quantitative estimate of drug-likeness (QED) is 0.703. The van der Waals surface area contributed by atoms with Crippen molar-refractivity contribution in [1.82, 2.24) is 24.3 Å². The minimum Gasteiger partial charge on any atom is -0.476 e. The molecule has 8 heteroatoms. The number of aromatic carboxylic acids is 1. The lowest BCUT2D eigenvalue weighted by Gasteiger charge is -2.00. The maximum absolute atomic E-state index is 11.1. The van der Waals surface area contributed by atoms with Gasteiger partial charge in [-0.05, 0) is 0 Å². The topological polar surface area (TPSA) is 106 Å². The van der Waals surface area contributed by atoms with Gasteiger partial charge < -0.3 is 9.67 Å². The van der Waals surface area contributed by atoms with Crippen LogP contribution in [0.5, 0.6) is 0 Å². The Kier molecular flexibility index (Phi) is 2.54. The Morgan fingerprint density at radius 1 is 1.44 bits per heavy atom. The zero-order valence-electron chi connectivity index (χ0n) is 8.20. The van der Waals surface area contributed by atoms with Crippen LogP contribution in [-0.2, 0) is 13.1 Å². The van der Waals surface area contributed by atoms with Gasteiger partial charge in [-0.1, -0.05) is 0 Å². The monoisotopic (exact) mass is 223 g/mol.